The van der Waals surface area contributed by atoms with E-state index in [0.29, 0.717) is 22.3 Å². The zero-order valence-corrected chi connectivity index (χ0v) is 28.5. The van der Waals surface area contributed by atoms with Crippen molar-refractivity contribution < 1.29 is 25.0 Å². The van der Waals surface area contributed by atoms with Gasteiger partial charge in [-0.1, -0.05) is 157 Å². The van der Waals surface area contributed by atoms with Crippen LogP contribution in [-0.4, -0.2) is 15.0 Å². The number of nitrogens with zero attached hydrogens (tertiary/aromatic N) is 3. The number of aromatic nitrogens is 3. The van der Waals surface area contributed by atoms with E-state index in [1.165, 1.54) is 0 Å². The van der Waals surface area contributed by atoms with Crippen molar-refractivity contribution in [2.75, 3.05) is 0 Å². The molecule has 0 N–H and O–H groups in total. The molecule has 256 valence electrons. The van der Waals surface area contributed by atoms with E-state index >= 15 is 0 Å². The van der Waals surface area contributed by atoms with Gasteiger partial charge in [0.1, 0.15) is 11.2 Å². The standard InChI is InChI=1S/C51H31N3O/c1-2-10-32(11-3-1)33-18-22-35(23-19-33)49-52-50(54-51(53-49)38-27-29-48-46(31-38)44-16-8-9-17-47(44)55-48)36-24-20-34(21-25-36)37-26-28-43-41-14-5-4-12-39(41)40-13-6-7-15-42(40)45(43)30-37/h1-31H/i4D,5D,6D,7D,12D,13D,14D,15D,20D,21D,24D,25D,26D,28D,30D. The molecule has 2 heterocycles. The highest BCUT2D eigenvalue weighted by atomic mass is 16.3. The molecule has 4 nitrogen and oxygen atoms in total. The molecule has 0 unspecified atom stereocenters. The lowest BCUT2D eigenvalue weighted by Gasteiger charge is -2.12. The molecule has 0 atom stereocenters. The summed E-state index contributed by atoms with van der Waals surface area (Å²) in [6.45, 7) is 0. The van der Waals surface area contributed by atoms with Gasteiger partial charge in [-0.2, -0.15) is 0 Å². The molecule has 9 aromatic carbocycles. The van der Waals surface area contributed by atoms with Gasteiger partial charge in [0.05, 0.1) is 20.6 Å². The second kappa shape index (κ2) is 12.6. The lowest BCUT2D eigenvalue weighted by Crippen LogP contribution is -2.00. The summed E-state index contributed by atoms with van der Waals surface area (Å²) in [6.07, 6.45) is 0. The fourth-order valence-corrected chi connectivity index (χ4v) is 6.88. The highest BCUT2D eigenvalue weighted by Gasteiger charge is 2.16. The number of hydrogen-bond acceptors (Lipinski definition) is 4. The van der Waals surface area contributed by atoms with Crippen LogP contribution in [0.3, 0.4) is 0 Å². The van der Waals surface area contributed by atoms with E-state index in [2.05, 4.69) is 0 Å². The maximum absolute atomic E-state index is 9.67. The van der Waals surface area contributed by atoms with Crippen LogP contribution in [0.2, 0.25) is 0 Å². The van der Waals surface area contributed by atoms with Crippen molar-refractivity contribution in [1.82, 2.24) is 15.0 Å². The number of furan rings is 1. The molecule has 2 aromatic heterocycles. The second-order valence-corrected chi connectivity index (χ2v) is 12.8. The van der Waals surface area contributed by atoms with Gasteiger partial charge < -0.3 is 4.42 Å². The van der Waals surface area contributed by atoms with Gasteiger partial charge in [-0.15, -0.1) is 0 Å². The molecule has 55 heavy (non-hydrogen) atoms. The normalized spacial score (nSPS) is 15.5. The van der Waals surface area contributed by atoms with Gasteiger partial charge in [-0.3, -0.25) is 0 Å². The van der Waals surface area contributed by atoms with E-state index in [-0.39, 0.29) is 50.0 Å². The third kappa shape index (κ3) is 5.34. The van der Waals surface area contributed by atoms with Crippen LogP contribution in [0.15, 0.2) is 192 Å². The van der Waals surface area contributed by atoms with E-state index in [1.54, 1.807) is 12.1 Å². The first-order valence-corrected chi connectivity index (χ1v) is 17.3. The van der Waals surface area contributed by atoms with Gasteiger partial charge >= 0.3 is 0 Å². The molecule has 0 amide bonds. The summed E-state index contributed by atoms with van der Waals surface area (Å²) in [7, 11) is 0. The molecule has 0 aliphatic heterocycles. The minimum absolute atomic E-state index is 0.136. The maximum Gasteiger partial charge on any atom is 0.164 e. The van der Waals surface area contributed by atoms with Crippen molar-refractivity contribution in [3.8, 4) is 56.4 Å². The Morgan fingerprint density at radius 1 is 0.327 bits per heavy atom. The van der Waals surface area contributed by atoms with Crippen molar-refractivity contribution in [1.29, 1.82) is 0 Å². The first kappa shape index (κ1) is 19.6. The zero-order chi connectivity index (χ0) is 49.3. The lowest BCUT2D eigenvalue weighted by atomic mass is 9.92. The Bertz CT molecular complexity index is 4050. The van der Waals surface area contributed by atoms with Gasteiger partial charge in [-0.25, -0.2) is 15.0 Å². The summed E-state index contributed by atoms with van der Waals surface area (Å²) < 4.78 is 142. The van der Waals surface area contributed by atoms with Gasteiger partial charge in [0, 0.05) is 27.5 Å². The van der Waals surface area contributed by atoms with Crippen LogP contribution >= 0.6 is 0 Å². The molecule has 0 saturated heterocycles. The van der Waals surface area contributed by atoms with Crippen LogP contribution in [0.1, 0.15) is 20.6 Å². The fraction of sp³-hybridized carbons (Fsp3) is 0. The van der Waals surface area contributed by atoms with Gasteiger partial charge in [0.2, 0.25) is 0 Å². The fourth-order valence-electron chi connectivity index (χ4n) is 6.88. The van der Waals surface area contributed by atoms with Crippen molar-refractivity contribution in [3.63, 3.8) is 0 Å². The van der Waals surface area contributed by atoms with Crippen molar-refractivity contribution in [2.24, 2.45) is 0 Å². The Morgan fingerprint density at radius 2 is 0.818 bits per heavy atom. The number of para-hydroxylation sites is 1. The van der Waals surface area contributed by atoms with Gasteiger partial charge in [-0.05, 0) is 84.9 Å². The predicted molar refractivity (Wildman–Crippen MR) is 227 cm³/mol. The Balaban J connectivity index is 1.17. The lowest BCUT2D eigenvalue weighted by molar-refractivity contribution is 0.669. The Kier molecular flexibility index (Phi) is 4.49. The van der Waals surface area contributed by atoms with E-state index < -0.39 is 107 Å². The summed E-state index contributed by atoms with van der Waals surface area (Å²) in [5, 5.41) is -0.595. The molecule has 0 spiro atoms. The van der Waals surface area contributed by atoms with Crippen molar-refractivity contribution in [2.45, 2.75) is 0 Å². The molecule has 4 heteroatoms. The average Bonchev–Trinajstić information content (AvgIpc) is 3.75. The monoisotopic (exact) mass is 716 g/mol. The van der Waals surface area contributed by atoms with E-state index in [4.69, 9.17) is 30.3 Å². The second-order valence-electron chi connectivity index (χ2n) is 12.8. The van der Waals surface area contributed by atoms with Gasteiger partial charge in [0.15, 0.2) is 17.5 Å². The molecule has 0 aliphatic carbocycles. The minimum Gasteiger partial charge on any atom is -0.456 e. The molecular formula is C51H31N3O. The summed E-state index contributed by atoms with van der Waals surface area (Å²) in [6, 6.07) is 19.4. The first-order chi connectivity index (χ1) is 33.5. The topological polar surface area (TPSA) is 51.8 Å². The molecule has 0 aliphatic rings. The highest BCUT2D eigenvalue weighted by Crippen LogP contribution is 2.38. The Morgan fingerprint density at radius 3 is 1.53 bits per heavy atom. The van der Waals surface area contributed by atoms with Crippen LogP contribution in [0, 0.1) is 0 Å². The van der Waals surface area contributed by atoms with E-state index in [1.807, 2.05) is 84.9 Å². The quantitative estimate of drug-likeness (QED) is 0.166. The Hall–Kier alpha value is -7.43. The molecule has 0 fully saturated rings. The number of fused-ring (bicyclic) bond motifs is 9. The Labute approximate surface area is 338 Å². The van der Waals surface area contributed by atoms with E-state index in [9.17, 15) is 9.60 Å². The summed E-state index contributed by atoms with van der Waals surface area (Å²) in [4.78, 5) is 14.4. The number of hydrogen-bond donors (Lipinski definition) is 0. The number of rotatable bonds is 5. The maximum atomic E-state index is 9.67. The SMILES string of the molecule is [2H]c1c([2H])c(-c2c([2H])c([2H])c3c4c([2H])c([2H])c([2H])c([2H])c4c4c([2H])c([2H])c([2H])c([2H])c4c3c2[2H])c([2H])c([2H])c1-c1nc(-c2ccc(-c3ccccc3)cc2)nc(-c2ccc3oc4ccccc4c3c2)n1. The van der Waals surface area contributed by atoms with E-state index in [0.717, 1.165) is 21.9 Å². The van der Waals surface area contributed by atoms with Crippen LogP contribution in [0.4, 0.5) is 0 Å². The first-order valence-electron chi connectivity index (χ1n) is 24.8. The zero-order valence-electron chi connectivity index (χ0n) is 43.5. The minimum atomic E-state index is -0.786. The smallest absolute Gasteiger partial charge is 0.164 e. The van der Waals surface area contributed by atoms with Crippen LogP contribution in [-0.2, 0) is 0 Å². The van der Waals surface area contributed by atoms with Crippen LogP contribution < -0.4 is 0 Å². The molecular weight excluding hydrogens is 671 g/mol. The number of benzene rings is 9. The average molecular weight is 717 g/mol. The molecule has 11 aromatic rings. The predicted octanol–water partition coefficient (Wildman–Crippen LogP) is 13.6. The summed E-state index contributed by atoms with van der Waals surface area (Å²) in [5.41, 5.74) is 2.76. The van der Waals surface area contributed by atoms with Crippen molar-refractivity contribution >= 4 is 54.3 Å². The van der Waals surface area contributed by atoms with Gasteiger partial charge in [0.25, 0.3) is 0 Å². The highest BCUT2D eigenvalue weighted by molar-refractivity contribution is 6.25. The molecule has 0 bridgehead atoms. The molecule has 0 saturated carbocycles. The molecule has 11 rings (SSSR count). The van der Waals surface area contributed by atoms with Crippen LogP contribution in [0.25, 0.3) is 111 Å². The van der Waals surface area contributed by atoms with Crippen molar-refractivity contribution in [3.05, 3.63) is 188 Å². The third-order valence-corrected chi connectivity index (χ3v) is 9.56. The largest absolute Gasteiger partial charge is 0.456 e. The summed E-state index contributed by atoms with van der Waals surface area (Å²) >= 11 is 0. The summed E-state index contributed by atoms with van der Waals surface area (Å²) in [5.74, 6) is 0.0547. The van der Waals surface area contributed by atoms with Crippen LogP contribution in [0.5, 0.6) is 0 Å². The molecule has 0 radical (unpaired) electrons. The third-order valence-electron chi connectivity index (χ3n) is 9.56.